The molecule has 12 heavy (non-hydrogen) atoms. The van der Waals surface area contributed by atoms with Crippen LogP contribution >= 0.6 is 0 Å². The lowest BCUT2D eigenvalue weighted by atomic mass is 10.0. The number of likely N-dealkylation sites (tertiary alicyclic amines) is 1. The Labute approximate surface area is 75.5 Å². The number of rotatable bonds is 3. The topological polar surface area (TPSA) is 27.1 Å². The van der Waals surface area contributed by atoms with Crippen molar-refractivity contribution >= 4 is 5.84 Å². The van der Waals surface area contributed by atoms with Gasteiger partial charge in [0.1, 0.15) is 0 Å². The van der Waals surface area contributed by atoms with E-state index in [0.717, 1.165) is 24.7 Å². The van der Waals surface area contributed by atoms with Crippen LogP contribution in [0.4, 0.5) is 0 Å². The fourth-order valence-corrected chi connectivity index (χ4v) is 1.99. The smallest absolute Gasteiger partial charge is 0.0960 e. The van der Waals surface area contributed by atoms with Crippen LogP contribution < -0.4 is 0 Å². The summed E-state index contributed by atoms with van der Waals surface area (Å²) < 4.78 is 0. The van der Waals surface area contributed by atoms with E-state index in [9.17, 15) is 0 Å². The van der Waals surface area contributed by atoms with Crippen molar-refractivity contribution in [2.24, 2.45) is 5.92 Å². The SMILES string of the molecule is CC(C)CC(C)N1CCCC1=N. The highest BCUT2D eigenvalue weighted by Gasteiger charge is 2.22. The molecule has 0 bridgehead atoms. The summed E-state index contributed by atoms with van der Waals surface area (Å²) in [5.41, 5.74) is 0. The second-order valence-electron chi connectivity index (χ2n) is 4.22. The maximum atomic E-state index is 7.71. The zero-order valence-electron chi connectivity index (χ0n) is 8.43. The highest BCUT2D eigenvalue weighted by molar-refractivity contribution is 5.81. The Balaban J connectivity index is 2.40. The summed E-state index contributed by atoms with van der Waals surface area (Å²) >= 11 is 0. The Morgan fingerprint density at radius 1 is 1.42 bits per heavy atom. The molecule has 2 heteroatoms. The minimum Gasteiger partial charge on any atom is -0.358 e. The average Bonchev–Trinajstić information content (AvgIpc) is 2.33. The third kappa shape index (κ3) is 2.23. The number of nitrogens with one attached hydrogen (secondary N) is 1. The summed E-state index contributed by atoms with van der Waals surface area (Å²) in [6.45, 7) is 7.83. The zero-order valence-corrected chi connectivity index (χ0v) is 8.43. The standard InChI is InChI=1S/C10H20N2/c1-8(2)7-9(3)12-6-4-5-10(12)11/h8-9,11H,4-7H2,1-3H3. The summed E-state index contributed by atoms with van der Waals surface area (Å²) in [6, 6.07) is 0.569. The molecule has 1 N–H and O–H groups in total. The fraction of sp³-hybridized carbons (Fsp3) is 0.900. The van der Waals surface area contributed by atoms with Crippen LogP contribution in [0.5, 0.6) is 0 Å². The van der Waals surface area contributed by atoms with E-state index < -0.39 is 0 Å². The molecule has 1 atom stereocenters. The first-order chi connectivity index (χ1) is 5.61. The van der Waals surface area contributed by atoms with Gasteiger partial charge in [0.15, 0.2) is 0 Å². The van der Waals surface area contributed by atoms with Crippen molar-refractivity contribution in [3.05, 3.63) is 0 Å². The third-order valence-corrected chi connectivity index (χ3v) is 2.50. The van der Waals surface area contributed by atoms with Gasteiger partial charge < -0.3 is 4.90 Å². The van der Waals surface area contributed by atoms with Crippen molar-refractivity contribution < 1.29 is 0 Å². The summed E-state index contributed by atoms with van der Waals surface area (Å²) in [7, 11) is 0. The molecule has 1 rings (SSSR count). The van der Waals surface area contributed by atoms with E-state index >= 15 is 0 Å². The van der Waals surface area contributed by atoms with Crippen molar-refractivity contribution in [2.45, 2.75) is 46.1 Å². The molecule has 0 aromatic carbocycles. The highest BCUT2D eigenvalue weighted by Crippen LogP contribution is 2.18. The molecule has 0 aromatic rings. The number of hydrogen-bond donors (Lipinski definition) is 1. The van der Waals surface area contributed by atoms with Crippen LogP contribution in [0.25, 0.3) is 0 Å². The molecule has 1 heterocycles. The Hall–Kier alpha value is -0.530. The van der Waals surface area contributed by atoms with Crippen LogP contribution in [-0.2, 0) is 0 Å². The van der Waals surface area contributed by atoms with E-state index in [0.29, 0.717) is 6.04 Å². The van der Waals surface area contributed by atoms with Gasteiger partial charge in [0.25, 0.3) is 0 Å². The first kappa shape index (κ1) is 9.56. The van der Waals surface area contributed by atoms with E-state index in [2.05, 4.69) is 25.7 Å². The van der Waals surface area contributed by atoms with Crippen molar-refractivity contribution in [3.63, 3.8) is 0 Å². The third-order valence-electron chi connectivity index (χ3n) is 2.50. The number of hydrogen-bond acceptors (Lipinski definition) is 1. The molecule has 0 spiro atoms. The molecule has 0 aliphatic carbocycles. The van der Waals surface area contributed by atoms with E-state index in [1.807, 2.05) is 0 Å². The van der Waals surface area contributed by atoms with Gasteiger partial charge in [-0.3, -0.25) is 5.41 Å². The van der Waals surface area contributed by atoms with Crippen LogP contribution in [0.15, 0.2) is 0 Å². The van der Waals surface area contributed by atoms with Gasteiger partial charge >= 0.3 is 0 Å². The fourth-order valence-electron chi connectivity index (χ4n) is 1.99. The first-order valence-electron chi connectivity index (χ1n) is 4.95. The zero-order chi connectivity index (χ0) is 9.14. The second kappa shape index (κ2) is 3.92. The van der Waals surface area contributed by atoms with Gasteiger partial charge in [-0.1, -0.05) is 13.8 Å². The Morgan fingerprint density at radius 3 is 2.50 bits per heavy atom. The summed E-state index contributed by atoms with van der Waals surface area (Å²) in [6.07, 6.45) is 3.38. The summed E-state index contributed by atoms with van der Waals surface area (Å²) in [5.74, 6) is 1.59. The van der Waals surface area contributed by atoms with Crippen molar-refractivity contribution in [3.8, 4) is 0 Å². The maximum absolute atomic E-state index is 7.71. The maximum Gasteiger partial charge on any atom is 0.0960 e. The molecule has 1 aliphatic heterocycles. The molecule has 1 unspecified atom stereocenters. The minimum absolute atomic E-state index is 0.569. The highest BCUT2D eigenvalue weighted by atomic mass is 15.2. The van der Waals surface area contributed by atoms with Crippen LogP contribution in [0.2, 0.25) is 0 Å². The molecule has 0 saturated carbocycles. The molecule has 70 valence electrons. The molecule has 1 fully saturated rings. The van der Waals surface area contributed by atoms with E-state index in [4.69, 9.17) is 5.41 Å². The summed E-state index contributed by atoms with van der Waals surface area (Å²) in [4.78, 5) is 2.25. The van der Waals surface area contributed by atoms with Gasteiger partial charge in [0.2, 0.25) is 0 Å². The minimum atomic E-state index is 0.569. The first-order valence-corrected chi connectivity index (χ1v) is 4.95. The molecule has 0 aromatic heterocycles. The Morgan fingerprint density at radius 2 is 2.08 bits per heavy atom. The van der Waals surface area contributed by atoms with Crippen LogP contribution in [-0.4, -0.2) is 23.3 Å². The van der Waals surface area contributed by atoms with Gasteiger partial charge in [0.05, 0.1) is 5.84 Å². The quantitative estimate of drug-likeness (QED) is 0.688. The molecule has 0 radical (unpaired) electrons. The van der Waals surface area contributed by atoms with E-state index in [-0.39, 0.29) is 0 Å². The second-order valence-corrected chi connectivity index (χ2v) is 4.22. The summed E-state index contributed by atoms with van der Waals surface area (Å²) in [5, 5.41) is 7.71. The lowest BCUT2D eigenvalue weighted by molar-refractivity contribution is 0.306. The predicted octanol–water partition coefficient (Wildman–Crippen LogP) is 2.49. The van der Waals surface area contributed by atoms with Gasteiger partial charge in [-0.05, 0) is 25.7 Å². The van der Waals surface area contributed by atoms with Crippen molar-refractivity contribution in [2.75, 3.05) is 6.54 Å². The van der Waals surface area contributed by atoms with E-state index in [1.54, 1.807) is 0 Å². The van der Waals surface area contributed by atoms with Gasteiger partial charge in [-0.2, -0.15) is 0 Å². The van der Waals surface area contributed by atoms with Crippen LogP contribution in [0.3, 0.4) is 0 Å². The molecule has 0 amide bonds. The molecule has 1 saturated heterocycles. The molecule has 1 aliphatic rings. The molecular weight excluding hydrogens is 148 g/mol. The lowest BCUT2D eigenvalue weighted by Crippen LogP contribution is -2.34. The normalized spacial score (nSPS) is 20.7. The predicted molar refractivity (Wildman–Crippen MR) is 52.6 cm³/mol. The average molecular weight is 168 g/mol. The van der Waals surface area contributed by atoms with Crippen molar-refractivity contribution in [1.82, 2.24) is 4.90 Å². The van der Waals surface area contributed by atoms with Crippen LogP contribution in [0.1, 0.15) is 40.0 Å². The molecule has 2 nitrogen and oxygen atoms in total. The Bertz CT molecular complexity index is 163. The number of amidine groups is 1. The van der Waals surface area contributed by atoms with Gasteiger partial charge in [0, 0.05) is 19.0 Å². The largest absolute Gasteiger partial charge is 0.358 e. The lowest BCUT2D eigenvalue weighted by Gasteiger charge is -2.27. The monoisotopic (exact) mass is 168 g/mol. The number of nitrogens with zero attached hydrogens (tertiary/aromatic N) is 1. The van der Waals surface area contributed by atoms with Gasteiger partial charge in [-0.15, -0.1) is 0 Å². The Kier molecular flexibility index (Phi) is 3.12. The van der Waals surface area contributed by atoms with Crippen molar-refractivity contribution in [1.29, 1.82) is 5.41 Å². The van der Waals surface area contributed by atoms with Gasteiger partial charge in [-0.25, -0.2) is 0 Å². The van der Waals surface area contributed by atoms with Crippen LogP contribution in [0, 0.1) is 11.3 Å². The molecular formula is C10H20N2. The van der Waals surface area contributed by atoms with E-state index in [1.165, 1.54) is 12.8 Å².